The predicted molar refractivity (Wildman–Crippen MR) is 119 cm³/mol. The van der Waals surface area contributed by atoms with Gasteiger partial charge in [-0.25, -0.2) is 4.79 Å². The molecule has 1 aromatic carbocycles. The maximum Gasteiger partial charge on any atom is 0.413 e. The molecule has 0 aliphatic carbocycles. The zero-order valence-electron chi connectivity index (χ0n) is 18.9. The van der Waals surface area contributed by atoms with Crippen molar-refractivity contribution in [1.82, 2.24) is 10.2 Å². The van der Waals surface area contributed by atoms with Crippen LogP contribution in [0.3, 0.4) is 0 Å². The van der Waals surface area contributed by atoms with Crippen molar-refractivity contribution in [3.8, 4) is 11.5 Å². The van der Waals surface area contributed by atoms with E-state index < -0.39 is 6.09 Å². The summed E-state index contributed by atoms with van der Waals surface area (Å²) in [5.41, 5.74) is 1.02. The number of amides is 1. The summed E-state index contributed by atoms with van der Waals surface area (Å²) in [6, 6.07) is 5.98. The molecule has 1 atom stereocenters. The van der Waals surface area contributed by atoms with Gasteiger partial charge in [0.2, 0.25) is 5.96 Å². The van der Waals surface area contributed by atoms with Crippen molar-refractivity contribution in [1.29, 1.82) is 0 Å². The summed E-state index contributed by atoms with van der Waals surface area (Å²) >= 11 is 0. The van der Waals surface area contributed by atoms with Gasteiger partial charge in [-0.2, -0.15) is 0 Å². The summed E-state index contributed by atoms with van der Waals surface area (Å²) < 4.78 is 17.3. The van der Waals surface area contributed by atoms with E-state index in [0.717, 1.165) is 55.6 Å². The maximum absolute atomic E-state index is 11.8. The third kappa shape index (κ3) is 6.82. The molecular formula is C23H37N3O4. The van der Waals surface area contributed by atoms with Crippen LogP contribution in [-0.4, -0.2) is 50.4 Å². The summed E-state index contributed by atoms with van der Waals surface area (Å²) in [6.07, 6.45) is 6.12. The fourth-order valence-electron chi connectivity index (χ4n) is 3.37. The minimum Gasteiger partial charge on any atom is -0.490 e. The predicted octanol–water partition coefficient (Wildman–Crippen LogP) is 4.91. The highest BCUT2D eigenvalue weighted by Gasteiger charge is 2.30. The third-order valence-electron chi connectivity index (χ3n) is 5.07. The Hall–Kier alpha value is -2.44. The molecule has 168 valence electrons. The lowest BCUT2D eigenvalue weighted by Crippen LogP contribution is -2.40. The lowest BCUT2D eigenvalue weighted by molar-refractivity contribution is 0.156. The number of nitrogens with one attached hydrogen (secondary N) is 1. The Bertz CT molecular complexity index is 693. The van der Waals surface area contributed by atoms with E-state index in [4.69, 9.17) is 14.2 Å². The van der Waals surface area contributed by atoms with Crippen LogP contribution in [0, 0.1) is 0 Å². The van der Waals surface area contributed by atoms with Crippen molar-refractivity contribution >= 4 is 12.1 Å². The number of unbranched alkanes of at least 4 members (excludes halogenated alkanes) is 4. The summed E-state index contributed by atoms with van der Waals surface area (Å²) in [7, 11) is 1.92. The summed E-state index contributed by atoms with van der Waals surface area (Å²) in [5, 5.41) is 2.71. The number of ether oxygens (including phenoxy) is 3. The van der Waals surface area contributed by atoms with Crippen LogP contribution in [0.5, 0.6) is 11.5 Å². The minimum absolute atomic E-state index is 0.0395. The quantitative estimate of drug-likeness (QED) is 0.487. The number of benzene rings is 1. The number of nitrogens with zero attached hydrogens (tertiary/aromatic N) is 2. The van der Waals surface area contributed by atoms with Crippen LogP contribution in [0.1, 0.15) is 70.9 Å². The number of hydrogen-bond donors (Lipinski definition) is 1. The largest absolute Gasteiger partial charge is 0.490 e. The molecule has 0 aromatic heterocycles. The van der Waals surface area contributed by atoms with E-state index in [9.17, 15) is 4.79 Å². The first-order chi connectivity index (χ1) is 14.6. The fourth-order valence-corrected chi connectivity index (χ4v) is 3.37. The molecule has 0 saturated carbocycles. The number of carbonyl (C=O) groups excluding carboxylic acids is 1. The molecule has 0 bridgehead atoms. The molecule has 7 nitrogen and oxygen atoms in total. The molecule has 1 unspecified atom stereocenters. The molecule has 1 aliphatic heterocycles. The zero-order chi connectivity index (χ0) is 21.8. The normalized spacial score (nSPS) is 15.7. The number of guanidine groups is 1. The fraction of sp³-hybridized carbons (Fsp3) is 0.652. The van der Waals surface area contributed by atoms with Gasteiger partial charge in [-0.1, -0.05) is 51.7 Å². The standard InChI is InChI=1S/C23H37N3O4/c1-5-8-10-15-29-20-14-12-13-18(21(20)30-16-11-9-6-2)19-17-24-22(26(19)4)25-23(27)28-7-3/h12-14,19H,5-11,15-17H2,1-4H3,(H,24,25,27). The molecule has 0 saturated heterocycles. The number of aliphatic imine (C=N–C) groups is 1. The smallest absolute Gasteiger partial charge is 0.413 e. The highest BCUT2D eigenvalue weighted by molar-refractivity contribution is 5.95. The first-order valence-electron chi connectivity index (χ1n) is 11.2. The highest BCUT2D eigenvalue weighted by Crippen LogP contribution is 2.39. The van der Waals surface area contributed by atoms with Crippen molar-refractivity contribution in [2.75, 3.05) is 33.4 Å². The van der Waals surface area contributed by atoms with Gasteiger partial charge in [0.15, 0.2) is 11.5 Å². The van der Waals surface area contributed by atoms with Gasteiger partial charge in [-0.05, 0) is 25.8 Å². The van der Waals surface area contributed by atoms with Gasteiger partial charge in [0.1, 0.15) is 0 Å². The Morgan fingerprint density at radius 3 is 2.47 bits per heavy atom. The van der Waals surface area contributed by atoms with Gasteiger partial charge in [0.05, 0.1) is 32.4 Å². The second-order valence-electron chi connectivity index (χ2n) is 7.42. The summed E-state index contributed by atoms with van der Waals surface area (Å²) in [6.45, 7) is 8.32. The Labute approximate surface area is 180 Å². The Balaban J connectivity index is 2.15. The van der Waals surface area contributed by atoms with E-state index in [1.165, 1.54) is 0 Å². The maximum atomic E-state index is 11.8. The molecule has 30 heavy (non-hydrogen) atoms. The third-order valence-corrected chi connectivity index (χ3v) is 5.07. The zero-order valence-corrected chi connectivity index (χ0v) is 18.9. The lowest BCUT2D eigenvalue weighted by Gasteiger charge is -2.26. The number of rotatable bonds is 12. The molecule has 1 amide bonds. The minimum atomic E-state index is -0.493. The lowest BCUT2D eigenvalue weighted by atomic mass is 10.0. The van der Waals surface area contributed by atoms with Crippen LogP contribution in [0.15, 0.2) is 23.2 Å². The van der Waals surface area contributed by atoms with E-state index in [2.05, 4.69) is 30.2 Å². The van der Waals surface area contributed by atoms with E-state index >= 15 is 0 Å². The van der Waals surface area contributed by atoms with Crippen LogP contribution < -0.4 is 14.8 Å². The van der Waals surface area contributed by atoms with E-state index in [-0.39, 0.29) is 6.04 Å². The number of carbonyl (C=O) groups is 1. The monoisotopic (exact) mass is 419 g/mol. The average Bonchev–Trinajstić information content (AvgIpc) is 3.09. The molecule has 0 spiro atoms. The van der Waals surface area contributed by atoms with Gasteiger partial charge >= 0.3 is 6.09 Å². The van der Waals surface area contributed by atoms with E-state index in [1.807, 2.05) is 24.1 Å². The van der Waals surface area contributed by atoms with Crippen LogP contribution >= 0.6 is 0 Å². The number of hydrogen-bond acceptors (Lipinski definition) is 6. The Morgan fingerprint density at radius 1 is 1.10 bits per heavy atom. The Kier molecular flexibility index (Phi) is 10.3. The van der Waals surface area contributed by atoms with Crippen LogP contribution in [0.4, 0.5) is 4.79 Å². The van der Waals surface area contributed by atoms with Gasteiger partial charge in [0.25, 0.3) is 0 Å². The second-order valence-corrected chi connectivity index (χ2v) is 7.42. The van der Waals surface area contributed by atoms with Gasteiger partial charge in [0, 0.05) is 12.6 Å². The Morgan fingerprint density at radius 2 is 1.80 bits per heavy atom. The van der Waals surface area contributed by atoms with Crippen molar-refractivity contribution in [2.45, 2.75) is 65.3 Å². The van der Waals surface area contributed by atoms with Gasteiger partial charge < -0.3 is 19.1 Å². The molecule has 1 aliphatic rings. The van der Waals surface area contributed by atoms with Gasteiger partial charge in [-0.15, -0.1) is 0 Å². The van der Waals surface area contributed by atoms with Gasteiger partial charge in [-0.3, -0.25) is 10.3 Å². The SMILES string of the molecule is CCCCCOc1cccc(C2CN=C(NC(=O)OCC)N2C)c1OCCCCC. The summed E-state index contributed by atoms with van der Waals surface area (Å²) in [5.74, 6) is 2.07. The molecule has 0 fully saturated rings. The van der Waals surface area contributed by atoms with Crippen molar-refractivity contribution in [2.24, 2.45) is 4.99 Å². The molecule has 1 aromatic rings. The molecule has 7 heteroatoms. The van der Waals surface area contributed by atoms with Crippen LogP contribution in [0.25, 0.3) is 0 Å². The van der Waals surface area contributed by atoms with Crippen LogP contribution in [0.2, 0.25) is 0 Å². The first-order valence-corrected chi connectivity index (χ1v) is 11.2. The second kappa shape index (κ2) is 13.0. The number of likely N-dealkylation sites (N-methyl/N-ethyl adjacent to an activating group) is 1. The number of alkyl carbamates (subject to hydrolysis) is 1. The van der Waals surface area contributed by atoms with Crippen molar-refractivity contribution < 1.29 is 19.0 Å². The average molecular weight is 420 g/mol. The van der Waals surface area contributed by atoms with E-state index in [1.54, 1.807) is 6.92 Å². The molecule has 2 rings (SSSR count). The van der Waals surface area contributed by atoms with Crippen LogP contribution in [-0.2, 0) is 4.74 Å². The van der Waals surface area contributed by atoms with Crippen molar-refractivity contribution in [3.05, 3.63) is 23.8 Å². The molecular weight excluding hydrogens is 382 g/mol. The van der Waals surface area contributed by atoms with E-state index in [0.29, 0.717) is 32.3 Å². The summed E-state index contributed by atoms with van der Waals surface area (Å²) in [4.78, 5) is 18.2. The molecule has 0 radical (unpaired) electrons. The first kappa shape index (κ1) is 23.8. The van der Waals surface area contributed by atoms with Crippen molar-refractivity contribution in [3.63, 3.8) is 0 Å². The molecule has 1 heterocycles. The molecule has 1 N–H and O–H groups in total. The topological polar surface area (TPSA) is 72.4 Å². The number of para-hydroxylation sites is 1. The highest BCUT2D eigenvalue weighted by atomic mass is 16.5.